The number of morpholine rings is 1. The maximum Gasteiger partial charge on any atom is 0.334 e. The predicted molar refractivity (Wildman–Crippen MR) is 68.5 cm³/mol. The number of carbonyl (C=O) groups is 2. The van der Waals surface area contributed by atoms with Crippen molar-refractivity contribution in [3.05, 3.63) is 36.3 Å². The summed E-state index contributed by atoms with van der Waals surface area (Å²) in [6.45, 7) is 0.691. The van der Waals surface area contributed by atoms with E-state index in [1.54, 1.807) is 35.1 Å². The number of amides is 1. The average Bonchev–Trinajstić information content (AvgIpc) is 2.94. The van der Waals surface area contributed by atoms with Gasteiger partial charge in [-0.25, -0.2) is 9.78 Å². The van der Waals surface area contributed by atoms with Crippen LogP contribution in [0.4, 0.5) is 0 Å². The highest BCUT2D eigenvalue weighted by molar-refractivity contribution is 5.94. The van der Waals surface area contributed by atoms with Crippen LogP contribution in [0, 0.1) is 0 Å². The van der Waals surface area contributed by atoms with Gasteiger partial charge in [0.2, 0.25) is 0 Å². The Morgan fingerprint density at radius 3 is 3.05 bits per heavy atom. The topological polar surface area (TPSA) is 84.1 Å². The summed E-state index contributed by atoms with van der Waals surface area (Å²) in [6.07, 6.45) is 4.14. The minimum absolute atomic E-state index is 0.0656. The van der Waals surface area contributed by atoms with Crippen LogP contribution < -0.4 is 0 Å². The van der Waals surface area contributed by atoms with Crippen LogP contribution in [0.1, 0.15) is 10.4 Å². The average molecular weight is 275 g/mol. The molecular formula is C13H13N3O4. The molecule has 1 saturated heterocycles. The van der Waals surface area contributed by atoms with Crippen molar-refractivity contribution in [2.75, 3.05) is 19.7 Å². The highest BCUT2D eigenvalue weighted by atomic mass is 16.5. The first-order valence-electron chi connectivity index (χ1n) is 6.21. The van der Waals surface area contributed by atoms with Crippen molar-refractivity contribution in [1.82, 2.24) is 14.3 Å². The lowest BCUT2D eigenvalue weighted by atomic mass is 10.2. The van der Waals surface area contributed by atoms with Gasteiger partial charge >= 0.3 is 5.97 Å². The lowest BCUT2D eigenvalue weighted by molar-refractivity contribution is -0.154. The van der Waals surface area contributed by atoms with E-state index in [4.69, 9.17) is 9.84 Å². The molecule has 1 aliphatic heterocycles. The Balaban J connectivity index is 1.82. The van der Waals surface area contributed by atoms with E-state index in [1.165, 1.54) is 4.90 Å². The molecule has 0 aliphatic carbocycles. The van der Waals surface area contributed by atoms with E-state index >= 15 is 0 Å². The lowest BCUT2D eigenvalue weighted by Gasteiger charge is -2.30. The van der Waals surface area contributed by atoms with Gasteiger partial charge in [0, 0.05) is 25.1 Å². The van der Waals surface area contributed by atoms with Crippen molar-refractivity contribution < 1.29 is 19.4 Å². The molecule has 0 radical (unpaired) electrons. The van der Waals surface area contributed by atoms with Crippen molar-refractivity contribution >= 4 is 17.5 Å². The summed E-state index contributed by atoms with van der Waals surface area (Å²) in [5, 5.41) is 8.95. The highest BCUT2D eigenvalue weighted by Gasteiger charge is 2.29. The molecule has 2 aromatic rings. The first-order chi connectivity index (χ1) is 9.65. The zero-order chi connectivity index (χ0) is 14.1. The fourth-order valence-electron chi connectivity index (χ4n) is 2.21. The Bertz CT molecular complexity index is 666. The third-order valence-electron chi connectivity index (χ3n) is 3.26. The van der Waals surface area contributed by atoms with E-state index < -0.39 is 12.1 Å². The molecule has 1 N–H and O–H groups in total. The van der Waals surface area contributed by atoms with Gasteiger partial charge in [-0.1, -0.05) is 0 Å². The molecule has 7 heteroatoms. The number of ether oxygens (including phenoxy) is 1. The molecule has 0 saturated carbocycles. The van der Waals surface area contributed by atoms with E-state index in [1.807, 2.05) is 0 Å². The van der Waals surface area contributed by atoms with E-state index in [9.17, 15) is 9.59 Å². The molecule has 0 bridgehead atoms. The molecule has 2 aromatic heterocycles. The molecule has 1 amide bonds. The lowest BCUT2D eigenvalue weighted by Crippen LogP contribution is -2.48. The molecule has 7 nitrogen and oxygen atoms in total. The minimum atomic E-state index is -1.05. The Morgan fingerprint density at radius 1 is 1.40 bits per heavy atom. The molecule has 3 rings (SSSR count). The van der Waals surface area contributed by atoms with Crippen LogP contribution in [0.15, 0.2) is 30.7 Å². The van der Waals surface area contributed by atoms with Crippen molar-refractivity contribution in [2.45, 2.75) is 6.10 Å². The Kier molecular flexibility index (Phi) is 3.11. The monoisotopic (exact) mass is 275 g/mol. The summed E-state index contributed by atoms with van der Waals surface area (Å²) in [7, 11) is 0. The van der Waals surface area contributed by atoms with Crippen molar-refractivity contribution in [3.8, 4) is 0 Å². The van der Waals surface area contributed by atoms with Gasteiger partial charge in [0.1, 0.15) is 5.65 Å². The molecule has 0 unspecified atom stereocenters. The summed E-state index contributed by atoms with van der Waals surface area (Å²) in [5.41, 5.74) is 1.26. The fraction of sp³-hybridized carbons (Fsp3) is 0.308. The molecule has 3 heterocycles. The van der Waals surface area contributed by atoms with Crippen molar-refractivity contribution in [2.24, 2.45) is 0 Å². The number of hydrogen-bond acceptors (Lipinski definition) is 4. The van der Waals surface area contributed by atoms with E-state index in [-0.39, 0.29) is 19.1 Å². The smallest absolute Gasteiger partial charge is 0.334 e. The van der Waals surface area contributed by atoms with Gasteiger partial charge in [-0.05, 0) is 12.1 Å². The molecular weight excluding hydrogens is 262 g/mol. The SMILES string of the molecule is O=C(O)[C@H]1CN(C(=O)c2ccc3nccn3c2)CCO1. The Labute approximate surface area is 114 Å². The third kappa shape index (κ3) is 2.23. The van der Waals surface area contributed by atoms with Crippen LogP contribution >= 0.6 is 0 Å². The van der Waals surface area contributed by atoms with Gasteiger partial charge in [-0.3, -0.25) is 4.79 Å². The summed E-state index contributed by atoms with van der Waals surface area (Å²) in [4.78, 5) is 28.9. The normalized spacial score (nSPS) is 19.2. The fourth-order valence-corrected chi connectivity index (χ4v) is 2.21. The van der Waals surface area contributed by atoms with E-state index in [0.29, 0.717) is 12.1 Å². The van der Waals surface area contributed by atoms with Gasteiger partial charge in [0.15, 0.2) is 6.10 Å². The van der Waals surface area contributed by atoms with Crippen LogP contribution in [0.5, 0.6) is 0 Å². The van der Waals surface area contributed by atoms with Crippen LogP contribution in [-0.2, 0) is 9.53 Å². The minimum Gasteiger partial charge on any atom is -0.479 e. The van der Waals surface area contributed by atoms with Crippen LogP contribution in [0.3, 0.4) is 0 Å². The second-order valence-corrected chi connectivity index (χ2v) is 4.56. The zero-order valence-electron chi connectivity index (χ0n) is 10.6. The van der Waals surface area contributed by atoms with Crippen molar-refractivity contribution in [3.63, 3.8) is 0 Å². The number of carbonyl (C=O) groups excluding carboxylic acids is 1. The molecule has 1 aliphatic rings. The largest absolute Gasteiger partial charge is 0.479 e. The number of carboxylic acids is 1. The predicted octanol–water partition coefficient (Wildman–Crippen LogP) is 0.260. The van der Waals surface area contributed by atoms with Gasteiger partial charge in [-0.2, -0.15) is 0 Å². The molecule has 1 fully saturated rings. The first kappa shape index (κ1) is 12.6. The summed E-state index contributed by atoms with van der Waals surface area (Å²) >= 11 is 0. The van der Waals surface area contributed by atoms with Crippen molar-refractivity contribution in [1.29, 1.82) is 0 Å². The number of carboxylic acid groups (broad SMARTS) is 1. The molecule has 0 spiro atoms. The van der Waals surface area contributed by atoms with Crippen LogP contribution in [0.25, 0.3) is 5.65 Å². The van der Waals surface area contributed by atoms with Crippen LogP contribution in [0.2, 0.25) is 0 Å². The second-order valence-electron chi connectivity index (χ2n) is 4.56. The number of nitrogens with zero attached hydrogens (tertiary/aromatic N) is 3. The molecule has 0 aromatic carbocycles. The first-order valence-corrected chi connectivity index (χ1v) is 6.21. The summed E-state index contributed by atoms with van der Waals surface area (Å²) < 4.78 is 6.86. The maximum absolute atomic E-state index is 12.4. The van der Waals surface area contributed by atoms with Gasteiger partial charge < -0.3 is 19.1 Å². The number of pyridine rings is 1. The number of imidazole rings is 1. The number of rotatable bonds is 2. The number of hydrogen-bond donors (Lipinski definition) is 1. The van der Waals surface area contributed by atoms with Crippen LogP contribution in [-0.4, -0.2) is 57.1 Å². The number of aliphatic carboxylic acids is 1. The second kappa shape index (κ2) is 4.93. The summed E-state index contributed by atoms with van der Waals surface area (Å²) in [6, 6.07) is 3.44. The summed E-state index contributed by atoms with van der Waals surface area (Å²) in [5.74, 6) is -1.25. The Hall–Kier alpha value is -2.41. The van der Waals surface area contributed by atoms with E-state index in [2.05, 4.69) is 4.98 Å². The third-order valence-corrected chi connectivity index (χ3v) is 3.26. The maximum atomic E-state index is 12.4. The van der Waals surface area contributed by atoms with Gasteiger partial charge in [-0.15, -0.1) is 0 Å². The Morgan fingerprint density at radius 2 is 2.25 bits per heavy atom. The van der Waals surface area contributed by atoms with E-state index in [0.717, 1.165) is 5.65 Å². The van der Waals surface area contributed by atoms with Gasteiger partial charge in [0.05, 0.1) is 18.7 Å². The molecule has 20 heavy (non-hydrogen) atoms. The quantitative estimate of drug-likeness (QED) is 0.850. The zero-order valence-corrected chi connectivity index (χ0v) is 10.6. The van der Waals surface area contributed by atoms with Gasteiger partial charge in [0.25, 0.3) is 5.91 Å². The highest BCUT2D eigenvalue weighted by Crippen LogP contribution is 2.12. The number of aromatic nitrogens is 2. The number of fused-ring (bicyclic) bond motifs is 1. The standard InChI is InChI=1S/C13H13N3O4/c17-12(16-5-6-20-10(8-16)13(18)19)9-1-2-11-14-3-4-15(11)7-9/h1-4,7,10H,5-6,8H2,(H,18,19)/t10-/m1/s1. The molecule has 104 valence electrons. The molecule has 1 atom stereocenters.